The minimum absolute atomic E-state index is 0.253. The molecule has 0 atom stereocenters. The van der Waals surface area contributed by atoms with Crippen molar-refractivity contribution in [2.45, 2.75) is 19.1 Å². The van der Waals surface area contributed by atoms with Crippen LogP contribution in [0.25, 0.3) is 5.52 Å². The normalized spacial score (nSPS) is 11.3. The number of benzene rings is 1. The summed E-state index contributed by atoms with van der Waals surface area (Å²) in [5, 5.41) is 10.7. The molecule has 0 bridgehead atoms. The summed E-state index contributed by atoms with van der Waals surface area (Å²) in [6.45, 7) is 0.441. The molecule has 162 valence electrons. The van der Waals surface area contributed by atoms with Crippen molar-refractivity contribution in [3.05, 3.63) is 73.6 Å². The number of nitrogens with one attached hydrogen (secondary N) is 2. The van der Waals surface area contributed by atoms with Gasteiger partial charge in [-0.25, -0.2) is 9.18 Å². The first-order chi connectivity index (χ1) is 14.0. The predicted octanol–water partition coefficient (Wildman–Crippen LogP) is 4.02. The van der Waals surface area contributed by atoms with E-state index in [1.54, 1.807) is 29.8 Å². The third-order valence-electron chi connectivity index (χ3n) is 3.89. The van der Waals surface area contributed by atoms with Gasteiger partial charge in [0.05, 0.1) is 5.02 Å². The lowest BCUT2D eigenvalue weighted by molar-refractivity contribution is -0.192. The van der Waals surface area contributed by atoms with Crippen molar-refractivity contribution in [2.24, 2.45) is 0 Å². The van der Waals surface area contributed by atoms with Crippen LogP contribution in [0.15, 0.2) is 35.3 Å². The van der Waals surface area contributed by atoms with Gasteiger partial charge >= 0.3 is 12.1 Å². The van der Waals surface area contributed by atoms with Gasteiger partial charge in [0.25, 0.3) is 5.56 Å². The largest absolute Gasteiger partial charge is 0.490 e. The maximum Gasteiger partial charge on any atom is 0.490 e. The second kappa shape index (κ2) is 9.50. The average molecular weight is 468 g/mol. The van der Waals surface area contributed by atoms with Crippen LogP contribution < -0.4 is 10.9 Å². The van der Waals surface area contributed by atoms with Gasteiger partial charge in [0.15, 0.2) is 0 Å². The SMILES string of the molecule is CNCc1cc(Cc2c[nH]c(=O)c3cc(Cl)c(Cl)n23)ccc1F.O=C(O)C(F)(F)F. The van der Waals surface area contributed by atoms with E-state index in [0.29, 0.717) is 34.2 Å². The molecule has 0 saturated carbocycles. The topological polar surface area (TPSA) is 86.6 Å². The molecule has 0 aliphatic carbocycles. The molecule has 0 fully saturated rings. The number of carboxylic acid groups (broad SMARTS) is 1. The van der Waals surface area contributed by atoms with Crippen molar-refractivity contribution in [1.29, 1.82) is 0 Å². The second-order valence-corrected chi connectivity index (χ2v) is 6.81. The molecule has 0 spiro atoms. The highest BCUT2D eigenvalue weighted by Crippen LogP contribution is 2.27. The predicted molar refractivity (Wildman–Crippen MR) is 104 cm³/mol. The quantitative estimate of drug-likeness (QED) is 0.505. The number of nitrogens with zero attached hydrogens (tertiary/aromatic N) is 1. The summed E-state index contributed by atoms with van der Waals surface area (Å²) in [6.07, 6.45) is -3.01. The summed E-state index contributed by atoms with van der Waals surface area (Å²) >= 11 is 12.2. The summed E-state index contributed by atoms with van der Waals surface area (Å²) in [5.41, 5.74) is 2.37. The zero-order valence-corrected chi connectivity index (χ0v) is 16.8. The van der Waals surface area contributed by atoms with Crippen molar-refractivity contribution in [2.75, 3.05) is 7.05 Å². The van der Waals surface area contributed by atoms with Crippen LogP contribution >= 0.6 is 23.2 Å². The summed E-state index contributed by atoms with van der Waals surface area (Å²) in [7, 11) is 1.76. The molecule has 0 aliphatic heterocycles. The van der Waals surface area contributed by atoms with Gasteiger partial charge in [0, 0.05) is 30.4 Å². The molecule has 0 aliphatic rings. The van der Waals surface area contributed by atoms with Crippen LogP contribution in [0.2, 0.25) is 10.2 Å². The Morgan fingerprint density at radius 2 is 1.90 bits per heavy atom. The smallest absolute Gasteiger partial charge is 0.475 e. The number of carbonyl (C=O) groups is 1. The first kappa shape index (κ1) is 23.7. The third-order valence-corrected chi connectivity index (χ3v) is 4.65. The minimum atomic E-state index is -5.08. The Bertz CT molecular complexity index is 1130. The molecule has 0 saturated heterocycles. The Labute approximate surface area is 177 Å². The molecule has 0 unspecified atom stereocenters. The fourth-order valence-electron chi connectivity index (χ4n) is 2.60. The third kappa shape index (κ3) is 5.53. The van der Waals surface area contributed by atoms with E-state index in [-0.39, 0.29) is 11.4 Å². The monoisotopic (exact) mass is 467 g/mol. The van der Waals surface area contributed by atoms with E-state index in [0.717, 1.165) is 11.3 Å². The highest BCUT2D eigenvalue weighted by Gasteiger charge is 2.38. The number of hydrogen-bond donors (Lipinski definition) is 3. The molecule has 2 heterocycles. The van der Waals surface area contributed by atoms with Gasteiger partial charge in [-0.05, 0) is 24.7 Å². The van der Waals surface area contributed by atoms with E-state index in [1.807, 2.05) is 0 Å². The lowest BCUT2D eigenvalue weighted by atomic mass is 10.1. The molecule has 1 aromatic carbocycles. The molecule has 30 heavy (non-hydrogen) atoms. The lowest BCUT2D eigenvalue weighted by Gasteiger charge is -2.09. The summed E-state index contributed by atoms with van der Waals surface area (Å²) < 4.78 is 47.1. The number of H-pyrrole nitrogens is 1. The summed E-state index contributed by atoms with van der Waals surface area (Å²) in [6, 6.07) is 6.48. The number of aromatic amines is 1. The van der Waals surface area contributed by atoms with Crippen LogP contribution in [0.5, 0.6) is 0 Å². The fraction of sp³-hybridized carbons (Fsp3) is 0.222. The first-order valence-corrected chi connectivity index (χ1v) is 9.00. The highest BCUT2D eigenvalue weighted by molar-refractivity contribution is 6.42. The zero-order chi connectivity index (χ0) is 22.6. The second-order valence-electron chi connectivity index (χ2n) is 6.05. The maximum absolute atomic E-state index is 13.7. The van der Waals surface area contributed by atoms with Crippen molar-refractivity contribution in [3.8, 4) is 0 Å². The number of alkyl halides is 3. The van der Waals surface area contributed by atoms with Crippen LogP contribution in [-0.4, -0.2) is 33.7 Å². The fourth-order valence-corrected chi connectivity index (χ4v) is 3.04. The van der Waals surface area contributed by atoms with Gasteiger partial charge in [-0.1, -0.05) is 35.3 Å². The molecule has 0 radical (unpaired) electrons. The molecule has 6 nitrogen and oxygen atoms in total. The summed E-state index contributed by atoms with van der Waals surface area (Å²) in [4.78, 5) is 23.5. The van der Waals surface area contributed by atoms with E-state index in [1.165, 1.54) is 12.1 Å². The number of aliphatic carboxylic acids is 1. The Kier molecular flexibility index (Phi) is 7.51. The molecule has 2 aromatic heterocycles. The van der Waals surface area contributed by atoms with Gasteiger partial charge in [0.2, 0.25) is 0 Å². The number of halogens is 6. The van der Waals surface area contributed by atoms with Crippen molar-refractivity contribution in [1.82, 2.24) is 14.7 Å². The standard InChI is InChI=1S/C16H14Cl2FN3O.C2HF3O2/c1-20-7-10-4-9(2-3-13(10)19)5-11-8-21-16(23)14-6-12(17)15(18)22(11)14;3-2(4,5)1(6)7/h2-4,6,8,20H,5,7H2,1H3,(H,21,23);(H,6,7). The van der Waals surface area contributed by atoms with Crippen molar-refractivity contribution < 1.29 is 27.5 Å². The number of aromatic nitrogens is 2. The van der Waals surface area contributed by atoms with Crippen molar-refractivity contribution >= 4 is 34.7 Å². The highest BCUT2D eigenvalue weighted by atomic mass is 35.5. The van der Waals surface area contributed by atoms with Gasteiger partial charge in [-0.3, -0.25) is 9.20 Å². The molecule has 3 rings (SSSR count). The first-order valence-electron chi connectivity index (χ1n) is 8.24. The molecular formula is C18H15Cl2F4N3O3. The van der Waals surface area contributed by atoms with E-state index in [9.17, 15) is 22.4 Å². The van der Waals surface area contributed by atoms with E-state index in [2.05, 4.69) is 10.3 Å². The maximum atomic E-state index is 13.7. The van der Waals surface area contributed by atoms with Gasteiger partial charge < -0.3 is 15.4 Å². The number of rotatable bonds is 4. The molecule has 3 N–H and O–H groups in total. The Morgan fingerprint density at radius 3 is 2.47 bits per heavy atom. The Balaban J connectivity index is 0.000000396. The molecule has 12 heteroatoms. The van der Waals surface area contributed by atoms with Crippen molar-refractivity contribution in [3.63, 3.8) is 0 Å². The van der Waals surface area contributed by atoms with Crippen LogP contribution in [-0.2, 0) is 17.8 Å². The van der Waals surface area contributed by atoms with E-state index in [4.69, 9.17) is 33.1 Å². The Morgan fingerprint density at radius 1 is 1.27 bits per heavy atom. The van der Waals surface area contributed by atoms with E-state index < -0.39 is 12.1 Å². The average Bonchev–Trinajstić information content (AvgIpc) is 2.96. The van der Waals surface area contributed by atoms with Crippen LogP contribution in [0, 0.1) is 5.82 Å². The van der Waals surface area contributed by atoms with E-state index >= 15 is 0 Å². The molecule has 3 aromatic rings. The van der Waals surface area contributed by atoms with Gasteiger partial charge in [0.1, 0.15) is 16.5 Å². The zero-order valence-electron chi connectivity index (χ0n) is 15.3. The van der Waals surface area contributed by atoms with Crippen LogP contribution in [0.3, 0.4) is 0 Å². The van der Waals surface area contributed by atoms with Crippen LogP contribution in [0.4, 0.5) is 17.6 Å². The van der Waals surface area contributed by atoms with Crippen LogP contribution in [0.1, 0.15) is 16.8 Å². The molecule has 0 amide bonds. The number of fused-ring (bicyclic) bond motifs is 1. The number of carboxylic acids is 1. The minimum Gasteiger partial charge on any atom is -0.475 e. The summed E-state index contributed by atoms with van der Waals surface area (Å²) in [5.74, 6) is -3.01. The van der Waals surface area contributed by atoms with Gasteiger partial charge in [-0.15, -0.1) is 0 Å². The number of hydrogen-bond acceptors (Lipinski definition) is 3. The molecular weight excluding hydrogens is 453 g/mol. The Hall–Kier alpha value is -2.56. The lowest BCUT2D eigenvalue weighted by Crippen LogP contribution is -2.21. The van der Waals surface area contributed by atoms with Gasteiger partial charge in [-0.2, -0.15) is 13.2 Å².